The Morgan fingerprint density at radius 1 is 1.00 bits per heavy atom. The highest BCUT2D eigenvalue weighted by Gasteiger charge is 2.20. The first-order chi connectivity index (χ1) is 6.72. The molecule has 0 amide bonds. The van der Waals surface area contributed by atoms with Crippen LogP contribution < -0.4 is 0 Å². The molecule has 0 N–H and O–H groups in total. The van der Waals surface area contributed by atoms with Crippen molar-refractivity contribution in [1.82, 2.24) is 4.90 Å². The molecular formula is C13H27N. The van der Waals surface area contributed by atoms with Gasteiger partial charge in [-0.2, -0.15) is 0 Å². The van der Waals surface area contributed by atoms with Crippen molar-refractivity contribution in [2.75, 3.05) is 19.6 Å². The molecule has 84 valence electrons. The van der Waals surface area contributed by atoms with Gasteiger partial charge in [-0.15, -0.1) is 0 Å². The van der Waals surface area contributed by atoms with E-state index in [1.807, 2.05) is 0 Å². The van der Waals surface area contributed by atoms with Gasteiger partial charge in [-0.3, -0.25) is 0 Å². The van der Waals surface area contributed by atoms with Crippen LogP contribution in [0.25, 0.3) is 0 Å². The van der Waals surface area contributed by atoms with E-state index in [0.717, 1.165) is 11.8 Å². The minimum atomic E-state index is 0.921. The Hall–Kier alpha value is -0.0400. The molecule has 0 bridgehead atoms. The second kappa shape index (κ2) is 6.44. The predicted molar refractivity (Wildman–Crippen MR) is 63.5 cm³/mol. The first-order valence-corrected chi connectivity index (χ1v) is 6.44. The third-order valence-corrected chi connectivity index (χ3v) is 3.27. The van der Waals surface area contributed by atoms with Crippen molar-refractivity contribution in [3.8, 4) is 0 Å². The fourth-order valence-corrected chi connectivity index (χ4v) is 2.74. The topological polar surface area (TPSA) is 3.24 Å². The van der Waals surface area contributed by atoms with E-state index < -0.39 is 0 Å². The summed E-state index contributed by atoms with van der Waals surface area (Å²) in [5, 5.41) is 0. The standard InChI is InChI=1S/C13H27N/c1-4-5-6-7-8-14-10-12(2)9-13(3)11-14/h12-13H,4-11H2,1-3H3/t12-,13-/m1/s1. The summed E-state index contributed by atoms with van der Waals surface area (Å²) in [5.74, 6) is 1.84. The van der Waals surface area contributed by atoms with E-state index in [4.69, 9.17) is 0 Å². The highest BCUT2D eigenvalue weighted by atomic mass is 15.1. The van der Waals surface area contributed by atoms with Gasteiger partial charge in [-0.25, -0.2) is 0 Å². The molecule has 1 saturated heterocycles. The molecule has 1 nitrogen and oxygen atoms in total. The fourth-order valence-electron chi connectivity index (χ4n) is 2.74. The molecule has 1 aliphatic rings. The van der Waals surface area contributed by atoms with Crippen LogP contribution in [0.4, 0.5) is 0 Å². The first-order valence-electron chi connectivity index (χ1n) is 6.44. The monoisotopic (exact) mass is 197 g/mol. The molecule has 0 aromatic rings. The fraction of sp³-hybridized carbons (Fsp3) is 1.00. The van der Waals surface area contributed by atoms with Gasteiger partial charge in [-0.1, -0.05) is 40.0 Å². The average molecular weight is 197 g/mol. The SMILES string of the molecule is CCCCCCN1C[C@H](C)C[C@@H](C)C1. The van der Waals surface area contributed by atoms with Crippen molar-refractivity contribution in [1.29, 1.82) is 0 Å². The summed E-state index contributed by atoms with van der Waals surface area (Å²) in [6, 6.07) is 0. The van der Waals surface area contributed by atoms with Crippen molar-refractivity contribution in [2.45, 2.75) is 52.9 Å². The lowest BCUT2D eigenvalue weighted by Gasteiger charge is -2.34. The summed E-state index contributed by atoms with van der Waals surface area (Å²) in [6.45, 7) is 11.1. The summed E-state index contributed by atoms with van der Waals surface area (Å²) < 4.78 is 0. The van der Waals surface area contributed by atoms with Crippen molar-refractivity contribution < 1.29 is 0 Å². The van der Waals surface area contributed by atoms with Gasteiger partial charge < -0.3 is 4.90 Å². The van der Waals surface area contributed by atoms with Gasteiger partial charge in [0.2, 0.25) is 0 Å². The van der Waals surface area contributed by atoms with E-state index in [9.17, 15) is 0 Å². The minimum Gasteiger partial charge on any atom is -0.303 e. The number of nitrogens with zero attached hydrogens (tertiary/aromatic N) is 1. The maximum atomic E-state index is 2.68. The molecule has 1 heteroatoms. The number of rotatable bonds is 5. The molecule has 0 saturated carbocycles. The molecule has 0 aromatic carbocycles. The third kappa shape index (κ3) is 4.45. The van der Waals surface area contributed by atoms with Gasteiger partial charge in [0.25, 0.3) is 0 Å². The maximum Gasteiger partial charge on any atom is 0.000724 e. The van der Waals surface area contributed by atoms with Crippen molar-refractivity contribution in [3.05, 3.63) is 0 Å². The van der Waals surface area contributed by atoms with Crippen LogP contribution in [-0.4, -0.2) is 24.5 Å². The lowest BCUT2D eigenvalue weighted by molar-refractivity contribution is 0.139. The summed E-state index contributed by atoms with van der Waals surface area (Å²) >= 11 is 0. The Bertz CT molecular complexity index is 134. The molecule has 1 heterocycles. The van der Waals surface area contributed by atoms with Crippen LogP contribution in [0.5, 0.6) is 0 Å². The van der Waals surface area contributed by atoms with E-state index in [1.54, 1.807) is 0 Å². The predicted octanol–water partition coefficient (Wildman–Crippen LogP) is 3.54. The number of hydrogen-bond donors (Lipinski definition) is 0. The smallest absolute Gasteiger partial charge is 0.000724 e. The molecule has 14 heavy (non-hydrogen) atoms. The van der Waals surface area contributed by atoms with Gasteiger partial charge in [-0.05, 0) is 31.2 Å². The third-order valence-electron chi connectivity index (χ3n) is 3.27. The molecule has 0 unspecified atom stereocenters. The number of hydrogen-bond acceptors (Lipinski definition) is 1. The Morgan fingerprint density at radius 3 is 2.21 bits per heavy atom. The Kier molecular flexibility index (Phi) is 5.54. The summed E-state index contributed by atoms with van der Waals surface area (Å²) in [5.41, 5.74) is 0. The Labute approximate surface area is 89.9 Å². The van der Waals surface area contributed by atoms with Crippen LogP contribution in [0.15, 0.2) is 0 Å². The van der Waals surface area contributed by atoms with E-state index >= 15 is 0 Å². The summed E-state index contributed by atoms with van der Waals surface area (Å²) in [4.78, 5) is 2.68. The molecule has 0 spiro atoms. The zero-order valence-electron chi connectivity index (χ0n) is 10.3. The summed E-state index contributed by atoms with van der Waals surface area (Å²) in [6.07, 6.45) is 7.04. The van der Waals surface area contributed by atoms with Crippen LogP contribution in [-0.2, 0) is 0 Å². The molecule has 0 radical (unpaired) electrons. The van der Waals surface area contributed by atoms with Gasteiger partial charge in [0, 0.05) is 13.1 Å². The zero-order chi connectivity index (χ0) is 10.4. The lowest BCUT2D eigenvalue weighted by Crippen LogP contribution is -2.39. The quantitative estimate of drug-likeness (QED) is 0.609. The van der Waals surface area contributed by atoms with Crippen LogP contribution in [0.3, 0.4) is 0 Å². The second-order valence-electron chi connectivity index (χ2n) is 5.27. The first kappa shape index (κ1) is 12.0. The van der Waals surface area contributed by atoms with E-state index in [0.29, 0.717) is 0 Å². The molecule has 1 fully saturated rings. The van der Waals surface area contributed by atoms with E-state index in [-0.39, 0.29) is 0 Å². The van der Waals surface area contributed by atoms with Crippen molar-refractivity contribution in [2.24, 2.45) is 11.8 Å². The number of likely N-dealkylation sites (tertiary alicyclic amines) is 1. The number of piperidine rings is 1. The molecule has 1 aliphatic heterocycles. The molecule has 2 atom stereocenters. The number of unbranched alkanes of at least 4 members (excludes halogenated alkanes) is 3. The van der Waals surface area contributed by atoms with Crippen LogP contribution >= 0.6 is 0 Å². The Morgan fingerprint density at radius 2 is 1.64 bits per heavy atom. The van der Waals surface area contributed by atoms with E-state index in [1.165, 1.54) is 51.7 Å². The van der Waals surface area contributed by atoms with Gasteiger partial charge >= 0.3 is 0 Å². The summed E-state index contributed by atoms with van der Waals surface area (Å²) in [7, 11) is 0. The lowest BCUT2D eigenvalue weighted by atomic mass is 9.92. The van der Waals surface area contributed by atoms with Gasteiger partial charge in [0.05, 0.1) is 0 Å². The molecule has 0 aliphatic carbocycles. The highest BCUT2D eigenvalue weighted by Crippen LogP contribution is 2.21. The van der Waals surface area contributed by atoms with Crippen LogP contribution in [0.2, 0.25) is 0 Å². The largest absolute Gasteiger partial charge is 0.303 e. The van der Waals surface area contributed by atoms with E-state index in [2.05, 4.69) is 25.7 Å². The molecular weight excluding hydrogens is 170 g/mol. The van der Waals surface area contributed by atoms with Crippen LogP contribution in [0.1, 0.15) is 52.9 Å². The van der Waals surface area contributed by atoms with Crippen LogP contribution in [0, 0.1) is 11.8 Å². The average Bonchev–Trinajstić information content (AvgIpc) is 2.11. The zero-order valence-corrected chi connectivity index (χ0v) is 10.3. The second-order valence-corrected chi connectivity index (χ2v) is 5.27. The Balaban J connectivity index is 2.10. The van der Waals surface area contributed by atoms with Crippen molar-refractivity contribution >= 4 is 0 Å². The minimum absolute atomic E-state index is 0.921. The highest BCUT2D eigenvalue weighted by molar-refractivity contribution is 4.74. The van der Waals surface area contributed by atoms with Crippen molar-refractivity contribution in [3.63, 3.8) is 0 Å². The molecule has 0 aromatic heterocycles. The van der Waals surface area contributed by atoms with Gasteiger partial charge in [0.1, 0.15) is 0 Å². The maximum absolute atomic E-state index is 2.68. The normalized spacial score (nSPS) is 29.4. The molecule has 1 rings (SSSR count). The van der Waals surface area contributed by atoms with Gasteiger partial charge in [0.15, 0.2) is 0 Å².